The quantitative estimate of drug-likeness (QED) is 0.634. The molecule has 0 saturated carbocycles. The third kappa shape index (κ3) is 3.42. The summed E-state index contributed by atoms with van der Waals surface area (Å²) in [6.45, 7) is 8.47. The zero-order chi connectivity index (χ0) is 24.4. The van der Waals surface area contributed by atoms with E-state index in [4.69, 9.17) is 4.74 Å². The highest BCUT2D eigenvalue weighted by Gasteiger charge is 2.44. The number of aryl methyl sites for hydroxylation is 2. The lowest BCUT2D eigenvalue weighted by molar-refractivity contribution is -0.00577. The molecule has 1 saturated heterocycles. The molecule has 0 N–H and O–H groups in total. The number of hydrogen-bond acceptors (Lipinski definition) is 5. The molecule has 3 heterocycles. The molecule has 0 unspecified atom stereocenters. The van der Waals surface area contributed by atoms with Crippen molar-refractivity contribution in [3.8, 4) is 5.75 Å². The Labute approximate surface area is 198 Å². The van der Waals surface area contributed by atoms with E-state index >= 15 is 0 Å². The van der Waals surface area contributed by atoms with Gasteiger partial charge in [0.05, 0.1) is 23.1 Å². The number of amides is 3. The van der Waals surface area contributed by atoms with Crippen LogP contribution in [-0.2, 0) is 0 Å². The van der Waals surface area contributed by atoms with Gasteiger partial charge >= 0.3 is 0 Å². The van der Waals surface area contributed by atoms with Crippen LogP contribution >= 0.6 is 0 Å². The number of likely N-dealkylation sites (tertiary alicyclic amines) is 1. The van der Waals surface area contributed by atoms with Crippen LogP contribution in [0.4, 0.5) is 0 Å². The minimum Gasteiger partial charge on any atom is -0.486 e. The highest BCUT2D eigenvalue weighted by Crippen LogP contribution is 2.40. The highest BCUT2D eigenvalue weighted by molar-refractivity contribution is 6.22. The van der Waals surface area contributed by atoms with Gasteiger partial charge in [0.1, 0.15) is 11.4 Å². The summed E-state index contributed by atoms with van der Waals surface area (Å²) in [5.74, 6) is -0.148. The van der Waals surface area contributed by atoms with Gasteiger partial charge in [-0.05, 0) is 69.2 Å². The topological polar surface area (TPSA) is 84.0 Å². The van der Waals surface area contributed by atoms with Crippen LogP contribution in [0.5, 0.6) is 5.75 Å². The Balaban J connectivity index is 1.32. The maximum absolute atomic E-state index is 13.2. The fourth-order valence-electron chi connectivity index (χ4n) is 5.19. The number of fused-ring (bicyclic) bond motifs is 2. The number of piperidine rings is 1. The van der Waals surface area contributed by atoms with Gasteiger partial charge in [-0.15, -0.1) is 0 Å². The molecule has 7 heteroatoms. The number of carbonyl (C=O) groups is 4. The molecule has 0 bridgehead atoms. The first kappa shape index (κ1) is 22.3. The first-order valence-electron chi connectivity index (χ1n) is 11.7. The molecule has 0 aromatic heterocycles. The lowest BCUT2D eigenvalue weighted by Gasteiger charge is -2.44. The smallest absolute Gasteiger partial charge is 0.261 e. The van der Waals surface area contributed by atoms with Crippen molar-refractivity contribution < 1.29 is 23.9 Å². The van der Waals surface area contributed by atoms with Crippen LogP contribution in [0.3, 0.4) is 0 Å². The van der Waals surface area contributed by atoms with Gasteiger partial charge in [-0.1, -0.05) is 0 Å². The van der Waals surface area contributed by atoms with Crippen LogP contribution in [0.1, 0.15) is 85.7 Å². The molecular formula is C27H28N2O5. The summed E-state index contributed by atoms with van der Waals surface area (Å²) in [5.41, 5.74) is 3.20. The summed E-state index contributed by atoms with van der Waals surface area (Å²) in [5, 5.41) is 0. The van der Waals surface area contributed by atoms with E-state index < -0.39 is 5.60 Å². The summed E-state index contributed by atoms with van der Waals surface area (Å²) in [7, 11) is 0. The van der Waals surface area contributed by atoms with E-state index in [1.165, 1.54) is 11.0 Å². The third-order valence-electron chi connectivity index (χ3n) is 7.35. The number of Topliss-reactive ketones (excluding diaryl/α,β-unsaturated/α-hetero) is 1. The van der Waals surface area contributed by atoms with E-state index in [2.05, 4.69) is 0 Å². The summed E-state index contributed by atoms with van der Waals surface area (Å²) >= 11 is 0. The summed E-state index contributed by atoms with van der Waals surface area (Å²) in [4.78, 5) is 54.3. The Morgan fingerprint density at radius 2 is 1.56 bits per heavy atom. The van der Waals surface area contributed by atoms with Crippen molar-refractivity contribution >= 4 is 23.5 Å². The van der Waals surface area contributed by atoms with Gasteiger partial charge in [-0.3, -0.25) is 24.1 Å². The first-order chi connectivity index (χ1) is 16.1. The second-order valence-electron chi connectivity index (χ2n) is 9.94. The van der Waals surface area contributed by atoms with Gasteiger partial charge in [0.25, 0.3) is 17.7 Å². The van der Waals surface area contributed by atoms with Crippen molar-refractivity contribution in [3.63, 3.8) is 0 Å². The summed E-state index contributed by atoms with van der Waals surface area (Å²) in [6, 6.07) is 8.31. The Kier molecular flexibility index (Phi) is 5.11. The summed E-state index contributed by atoms with van der Waals surface area (Å²) < 4.78 is 6.37. The second-order valence-corrected chi connectivity index (χ2v) is 9.94. The maximum Gasteiger partial charge on any atom is 0.261 e. The van der Waals surface area contributed by atoms with E-state index in [1.807, 2.05) is 26.0 Å². The van der Waals surface area contributed by atoms with Crippen molar-refractivity contribution in [2.45, 2.75) is 58.6 Å². The van der Waals surface area contributed by atoms with Crippen LogP contribution < -0.4 is 4.74 Å². The van der Waals surface area contributed by atoms with Gasteiger partial charge in [0, 0.05) is 37.5 Å². The average Bonchev–Trinajstić information content (AvgIpc) is 3.05. The molecule has 2 aromatic rings. The molecule has 0 aliphatic carbocycles. The van der Waals surface area contributed by atoms with Crippen molar-refractivity contribution in [1.29, 1.82) is 0 Å². The van der Waals surface area contributed by atoms with Crippen molar-refractivity contribution in [2.75, 3.05) is 13.1 Å². The SMILES string of the molecule is Cc1cc2c(cc1C)C(=O)CC1(CCN(C(=O)c3ccc4c(c3)C(=O)N(C(C)C)C4=O)CC1)O2. The lowest BCUT2D eigenvalue weighted by atomic mass is 9.81. The molecule has 176 valence electrons. The molecule has 3 amide bonds. The molecule has 0 radical (unpaired) electrons. The fourth-order valence-corrected chi connectivity index (χ4v) is 5.19. The second kappa shape index (κ2) is 7.79. The number of imide groups is 1. The van der Waals surface area contributed by atoms with Gasteiger partial charge in [-0.2, -0.15) is 0 Å². The predicted octanol–water partition coefficient (Wildman–Crippen LogP) is 3.95. The zero-order valence-electron chi connectivity index (χ0n) is 19.9. The monoisotopic (exact) mass is 460 g/mol. The molecular weight excluding hydrogens is 432 g/mol. The molecule has 1 spiro atoms. The Bertz CT molecular complexity index is 1250. The molecule has 0 atom stereocenters. The van der Waals surface area contributed by atoms with Crippen LogP contribution in [0.15, 0.2) is 30.3 Å². The van der Waals surface area contributed by atoms with Crippen LogP contribution in [0.2, 0.25) is 0 Å². The normalized spacial score (nSPS) is 18.9. The molecule has 34 heavy (non-hydrogen) atoms. The molecule has 2 aromatic carbocycles. The van der Waals surface area contributed by atoms with Crippen LogP contribution in [0, 0.1) is 13.8 Å². The fraction of sp³-hybridized carbons (Fsp3) is 0.407. The molecule has 7 nitrogen and oxygen atoms in total. The number of benzene rings is 2. The standard InChI is InChI=1S/C27H28N2O5/c1-15(2)29-25(32)19-6-5-18(13-20(19)26(29)33)24(31)28-9-7-27(8-10-28)14-22(30)21-11-16(3)17(4)12-23(21)34-27/h5-6,11-13,15H,7-10,14H2,1-4H3. The van der Waals surface area contributed by atoms with E-state index in [9.17, 15) is 19.2 Å². The molecule has 1 fully saturated rings. The molecule has 3 aliphatic rings. The molecule has 3 aliphatic heterocycles. The largest absolute Gasteiger partial charge is 0.486 e. The van der Waals surface area contributed by atoms with E-state index in [-0.39, 0.29) is 35.1 Å². The first-order valence-corrected chi connectivity index (χ1v) is 11.7. The van der Waals surface area contributed by atoms with E-state index in [1.54, 1.807) is 30.9 Å². The summed E-state index contributed by atoms with van der Waals surface area (Å²) in [6.07, 6.45) is 1.42. The van der Waals surface area contributed by atoms with Crippen molar-refractivity contribution in [1.82, 2.24) is 9.80 Å². The minimum atomic E-state index is -0.597. The lowest BCUT2D eigenvalue weighted by Crippen LogP contribution is -2.52. The van der Waals surface area contributed by atoms with Gasteiger partial charge in [0.15, 0.2) is 5.78 Å². The van der Waals surface area contributed by atoms with E-state index in [0.29, 0.717) is 54.8 Å². The number of carbonyl (C=O) groups excluding carboxylic acids is 4. The molecule has 5 rings (SSSR count). The number of nitrogens with zero attached hydrogens (tertiary/aromatic N) is 2. The Hall–Kier alpha value is -3.48. The third-order valence-corrected chi connectivity index (χ3v) is 7.35. The van der Waals surface area contributed by atoms with Crippen molar-refractivity contribution in [2.24, 2.45) is 0 Å². The van der Waals surface area contributed by atoms with Gasteiger partial charge in [0.2, 0.25) is 0 Å². The average molecular weight is 461 g/mol. The highest BCUT2D eigenvalue weighted by atomic mass is 16.5. The number of ketones is 1. The predicted molar refractivity (Wildman–Crippen MR) is 125 cm³/mol. The minimum absolute atomic E-state index is 0.0839. The Morgan fingerprint density at radius 3 is 2.24 bits per heavy atom. The van der Waals surface area contributed by atoms with Gasteiger partial charge in [-0.25, -0.2) is 0 Å². The number of ether oxygens (including phenoxy) is 1. The maximum atomic E-state index is 13.2. The van der Waals surface area contributed by atoms with Gasteiger partial charge < -0.3 is 9.64 Å². The van der Waals surface area contributed by atoms with E-state index in [0.717, 1.165) is 11.1 Å². The number of rotatable bonds is 2. The number of hydrogen-bond donors (Lipinski definition) is 0. The van der Waals surface area contributed by atoms with Crippen LogP contribution in [-0.4, -0.2) is 58.0 Å². The zero-order valence-corrected chi connectivity index (χ0v) is 19.9. The van der Waals surface area contributed by atoms with Crippen LogP contribution in [0.25, 0.3) is 0 Å². The van der Waals surface area contributed by atoms with Crippen molar-refractivity contribution in [3.05, 3.63) is 63.7 Å². The Morgan fingerprint density at radius 1 is 0.912 bits per heavy atom.